The number of aromatic nitrogens is 1. The molecule has 0 unspecified atom stereocenters. The van der Waals surface area contributed by atoms with E-state index in [1.165, 1.54) is 19.2 Å². The van der Waals surface area contributed by atoms with Crippen LogP contribution >= 0.6 is 11.3 Å². The molecule has 0 N–H and O–H groups in total. The fourth-order valence-corrected chi connectivity index (χ4v) is 6.42. The van der Waals surface area contributed by atoms with Gasteiger partial charge in [-0.1, -0.05) is 47.7 Å². The number of rotatable bonds is 8. The number of amides is 1. The van der Waals surface area contributed by atoms with Gasteiger partial charge in [-0.2, -0.15) is 0 Å². The van der Waals surface area contributed by atoms with Gasteiger partial charge in [0.25, 0.3) is 11.5 Å². The third kappa shape index (κ3) is 4.85. The fraction of sp³-hybridized carbons (Fsp3) is 0.258. The van der Waals surface area contributed by atoms with E-state index in [2.05, 4.69) is 0 Å². The molecule has 1 amide bonds. The minimum Gasteiger partial charge on any atom is -0.496 e. The van der Waals surface area contributed by atoms with Gasteiger partial charge in [-0.15, -0.1) is 0 Å². The van der Waals surface area contributed by atoms with Gasteiger partial charge in [0, 0.05) is 24.7 Å². The number of benzene rings is 3. The zero-order valence-corrected chi connectivity index (χ0v) is 24.7. The van der Waals surface area contributed by atoms with E-state index in [1.54, 1.807) is 35.6 Å². The molecule has 2 heterocycles. The first-order chi connectivity index (χ1) is 20.2. The predicted octanol–water partition coefficient (Wildman–Crippen LogP) is 4.18. The van der Waals surface area contributed by atoms with Crippen LogP contribution in [0.4, 0.5) is 5.69 Å². The molecule has 1 aliphatic heterocycles. The predicted molar refractivity (Wildman–Crippen MR) is 162 cm³/mol. The first-order valence-corrected chi connectivity index (χ1v) is 14.3. The molecule has 0 saturated carbocycles. The Balaban J connectivity index is 1.83. The first-order valence-electron chi connectivity index (χ1n) is 13.4. The quantitative estimate of drug-likeness (QED) is 0.226. The lowest BCUT2D eigenvalue weighted by Gasteiger charge is -2.30. The summed E-state index contributed by atoms with van der Waals surface area (Å²) in [5.74, 6) is 0.455. The van der Waals surface area contributed by atoms with Gasteiger partial charge in [-0.05, 0) is 55.3 Å². The Morgan fingerprint density at radius 3 is 2.45 bits per heavy atom. The van der Waals surface area contributed by atoms with Crippen LogP contribution < -0.4 is 24.4 Å². The molecule has 0 aliphatic carbocycles. The first kappa shape index (κ1) is 28.7. The molecule has 0 bridgehead atoms. The van der Waals surface area contributed by atoms with Gasteiger partial charge < -0.3 is 14.4 Å². The van der Waals surface area contributed by atoms with Crippen LogP contribution in [0.2, 0.25) is 0 Å². The van der Waals surface area contributed by atoms with Crippen molar-refractivity contribution in [3.63, 3.8) is 0 Å². The van der Waals surface area contributed by atoms with E-state index in [9.17, 15) is 19.7 Å². The fourth-order valence-electron chi connectivity index (χ4n) is 5.38. The topological polar surface area (TPSA) is 116 Å². The van der Waals surface area contributed by atoms with Crippen LogP contribution in [0.15, 0.2) is 75.7 Å². The summed E-state index contributed by atoms with van der Waals surface area (Å²) in [6, 6.07) is 15.3. The molecule has 10 nitrogen and oxygen atoms in total. The van der Waals surface area contributed by atoms with E-state index >= 15 is 0 Å². The molecule has 1 aliphatic rings. The number of thiazole rings is 1. The third-order valence-electron chi connectivity index (χ3n) is 7.42. The second kappa shape index (κ2) is 11.6. The van der Waals surface area contributed by atoms with E-state index in [-0.39, 0.29) is 22.9 Å². The van der Waals surface area contributed by atoms with Gasteiger partial charge in [0.15, 0.2) is 10.6 Å². The summed E-state index contributed by atoms with van der Waals surface area (Å²) in [5, 5.41) is 13.4. The lowest BCUT2D eigenvalue weighted by Crippen LogP contribution is -2.43. The number of fused-ring (bicyclic) bond motifs is 2. The van der Waals surface area contributed by atoms with Crippen molar-refractivity contribution in [1.29, 1.82) is 0 Å². The number of methoxy groups -OCH3 is 2. The maximum absolute atomic E-state index is 14.2. The van der Waals surface area contributed by atoms with Gasteiger partial charge >= 0.3 is 5.69 Å². The van der Waals surface area contributed by atoms with Crippen molar-refractivity contribution in [2.75, 3.05) is 27.3 Å². The number of hydrogen-bond acceptors (Lipinski definition) is 8. The molecule has 216 valence electrons. The maximum atomic E-state index is 14.2. The Kier molecular flexibility index (Phi) is 7.95. The lowest BCUT2D eigenvalue weighted by molar-refractivity contribution is -0.385. The van der Waals surface area contributed by atoms with Gasteiger partial charge in [-0.3, -0.25) is 24.3 Å². The highest BCUT2D eigenvalue weighted by molar-refractivity contribution is 7.07. The smallest absolute Gasteiger partial charge is 0.311 e. The van der Waals surface area contributed by atoms with E-state index in [4.69, 9.17) is 14.5 Å². The van der Waals surface area contributed by atoms with Crippen LogP contribution in [0.5, 0.6) is 11.5 Å². The summed E-state index contributed by atoms with van der Waals surface area (Å²) in [7, 11) is 2.93. The van der Waals surface area contributed by atoms with E-state index in [0.29, 0.717) is 50.6 Å². The van der Waals surface area contributed by atoms with Gasteiger partial charge in [0.1, 0.15) is 11.8 Å². The summed E-state index contributed by atoms with van der Waals surface area (Å²) in [4.78, 5) is 46.2. The van der Waals surface area contributed by atoms with E-state index < -0.39 is 11.0 Å². The van der Waals surface area contributed by atoms with Gasteiger partial charge in [0.2, 0.25) is 0 Å². The number of hydrogen-bond donors (Lipinski definition) is 0. The average molecular weight is 587 g/mol. The molecule has 3 aromatic carbocycles. The Bertz CT molecular complexity index is 1940. The second-order valence-corrected chi connectivity index (χ2v) is 10.7. The average Bonchev–Trinajstić information content (AvgIpc) is 3.30. The minimum atomic E-state index is -0.817. The molecule has 0 spiro atoms. The number of allylic oxidation sites excluding steroid dienone is 1. The minimum absolute atomic E-state index is 0.122. The van der Waals surface area contributed by atoms with Crippen molar-refractivity contribution in [2.45, 2.75) is 26.8 Å². The molecule has 11 heteroatoms. The maximum Gasteiger partial charge on any atom is 0.311 e. The molecule has 0 radical (unpaired) electrons. The summed E-state index contributed by atoms with van der Waals surface area (Å²) in [6.45, 7) is 6.59. The van der Waals surface area contributed by atoms with Crippen molar-refractivity contribution in [3.8, 4) is 11.5 Å². The Labute approximate surface area is 245 Å². The van der Waals surface area contributed by atoms with Crippen LogP contribution in [0, 0.1) is 10.1 Å². The molecule has 0 fully saturated rings. The van der Waals surface area contributed by atoms with Gasteiger partial charge in [-0.25, -0.2) is 4.99 Å². The Morgan fingerprint density at radius 2 is 1.79 bits per heavy atom. The number of likely N-dealkylation sites (N-methyl/N-ethyl adjacent to an activating group) is 1. The second-order valence-electron chi connectivity index (χ2n) is 9.65. The van der Waals surface area contributed by atoms with Crippen LogP contribution in [-0.4, -0.2) is 47.6 Å². The number of carbonyl (C=O) groups excluding carboxylic acids is 1. The summed E-state index contributed by atoms with van der Waals surface area (Å²) in [5.41, 5.74) is 1.48. The molecule has 1 atom stereocenters. The number of nitro groups is 1. The van der Waals surface area contributed by atoms with Crippen LogP contribution in [0.25, 0.3) is 16.8 Å². The SMILES string of the molecule is CCN(CC)C(=O)C1=C(C)N=c2s/c(=C/c3ccc(OC)c([N+](=O)[O-])c3)c(=O)n2[C@@H]1c1c(OC)ccc2ccccc12. The highest BCUT2D eigenvalue weighted by Gasteiger charge is 2.36. The third-order valence-corrected chi connectivity index (χ3v) is 8.41. The van der Waals surface area contributed by atoms with Crippen molar-refractivity contribution in [2.24, 2.45) is 4.99 Å². The van der Waals surface area contributed by atoms with Crippen molar-refractivity contribution < 1.29 is 19.2 Å². The number of nitro benzene ring substituents is 1. The zero-order valence-electron chi connectivity index (χ0n) is 23.9. The number of ether oxygens (including phenoxy) is 2. The molecule has 42 heavy (non-hydrogen) atoms. The highest BCUT2D eigenvalue weighted by atomic mass is 32.1. The normalized spacial score (nSPS) is 14.9. The molecule has 1 aromatic heterocycles. The summed E-state index contributed by atoms with van der Waals surface area (Å²) >= 11 is 1.16. The van der Waals surface area contributed by atoms with E-state index in [1.807, 2.05) is 50.2 Å². The Morgan fingerprint density at radius 1 is 1.10 bits per heavy atom. The number of nitrogens with zero attached hydrogens (tertiary/aromatic N) is 4. The standard InChI is InChI=1S/C31H30N4O6S/c1-6-33(7-2)30(37)26-18(3)32-31-34(28(26)27-21-11-9-8-10-20(21)13-15-24(27)41-5)29(36)25(42-31)17-19-12-14-23(40-4)22(16-19)35(38)39/h8-17,28H,6-7H2,1-5H3/b25-17+/t28-/m0/s1. The summed E-state index contributed by atoms with van der Waals surface area (Å²) < 4.78 is 12.8. The molecule has 5 rings (SSSR count). The monoisotopic (exact) mass is 586 g/mol. The lowest BCUT2D eigenvalue weighted by atomic mass is 9.90. The molecular weight excluding hydrogens is 556 g/mol. The number of carbonyl (C=O) groups is 1. The van der Waals surface area contributed by atoms with Crippen LogP contribution in [0.3, 0.4) is 0 Å². The molecule has 4 aromatic rings. The zero-order chi connectivity index (χ0) is 30.1. The highest BCUT2D eigenvalue weighted by Crippen LogP contribution is 2.40. The van der Waals surface area contributed by atoms with Crippen molar-refractivity contribution >= 4 is 39.8 Å². The largest absolute Gasteiger partial charge is 0.496 e. The summed E-state index contributed by atoms with van der Waals surface area (Å²) in [6.07, 6.45) is 1.60. The van der Waals surface area contributed by atoms with Crippen molar-refractivity contribution in [3.05, 3.63) is 107 Å². The molecule has 0 saturated heterocycles. The Hall–Kier alpha value is -4.77. The van der Waals surface area contributed by atoms with Crippen LogP contribution in [-0.2, 0) is 4.79 Å². The van der Waals surface area contributed by atoms with E-state index in [0.717, 1.165) is 22.1 Å². The van der Waals surface area contributed by atoms with Gasteiger partial charge in [0.05, 0.1) is 34.9 Å². The van der Waals surface area contributed by atoms with Crippen LogP contribution in [0.1, 0.15) is 37.9 Å². The molecular formula is C31H30N4O6S. The van der Waals surface area contributed by atoms with Crippen molar-refractivity contribution in [1.82, 2.24) is 9.47 Å².